The summed E-state index contributed by atoms with van der Waals surface area (Å²) in [6, 6.07) is 0.711. The molecule has 2 nitrogen and oxygen atoms in total. The molecule has 1 aliphatic carbocycles. The van der Waals surface area contributed by atoms with Crippen molar-refractivity contribution in [3.05, 3.63) is 0 Å². The van der Waals surface area contributed by atoms with Crippen LogP contribution in [0.4, 0.5) is 0 Å². The lowest BCUT2D eigenvalue weighted by Gasteiger charge is -2.52. The molecule has 2 aliphatic rings. The van der Waals surface area contributed by atoms with Gasteiger partial charge in [-0.25, -0.2) is 0 Å². The molecule has 0 radical (unpaired) electrons. The fourth-order valence-electron chi connectivity index (χ4n) is 4.34. The van der Waals surface area contributed by atoms with Crippen molar-refractivity contribution in [2.24, 2.45) is 17.6 Å². The van der Waals surface area contributed by atoms with E-state index in [1.54, 1.807) is 0 Å². The zero-order valence-corrected chi connectivity index (χ0v) is 12.6. The molecule has 2 rings (SSSR count). The Bertz CT molecular complexity index is 256. The van der Waals surface area contributed by atoms with Crippen LogP contribution in [0.15, 0.2) is 0 Å². The lowest BCUT2D eigenvalue weighted by atomic mass is 9.79. The maximum absolute atomic E-state index is 6.25. The third kappa shape index (κ3) is 2.75. The highest BCUT2D eigenvalue weighted by Gasteiger charge is 2.42. The molecule has 2 heteroatoms. The van der Waals surface area contributed by atoms with Gasteiger partial charge < -0.3 is 5.73 Å². The van der Waals surface area contributed by atoms with E-state index in [0.29, 0.717) is 11.6 Å². The van der Waals surface area contributed by atoms with E-state index >= 15 is 0 Å². The third-order valence-electron chi connectivity index (χ3n) is 5.62. The van der Waals surface area contributed by atoms with Crippen LogP contribution in [0.1, 0.15) is 65.7 Å². The van der Waals surface area contributed by atoms with E-state index in [0.717, 1.165) is 18.4 Å². The smallest absolute Gasteiger partial charge is 0.0334 e. The van der Waals surface area contributed by atoms with Crippen LogP contribution in [0, 0.1) is 11.8 Å². The number of likely N-dealkylation sites (tertiary alicyclic amines) is 1. The second-order valence-electron chi connectivity index (χ2n) is 7.05. The molecule has 0 aromatic carbocycles. The second-order valence-corrected chi connectivity index (χ2v) is 7.05. The zero-order valence-electron chi connectivity index (χ0n) is 12.6. The number of nitrogens with two attached hydrogens (primary N) is 1. The van der Waals surface area contributed by atoms with Gasteiger partial charge in [0.2, 0.25) is 0 Å². The van der Waals surface area contributed by atoms with Crippen molar-refractivity contribution in [3.8, 4) is 0 Å². The van der Waals surface area contributed by atoms with Gasteiger partial charge in [0.05, 0.1) is 0 Å². The van der Waals surface area contributed by atoms with Crippen molar-refractivity contribution in [3.63, 3.8) is 0 Å². The Kier molecular flexibility index (Phi) is 4.71. The summed E-state index contributed by atoms with van der Waals surface area (Å²) in [7, 11) is 0. The van der Waals surface area contributed by atoms with Gasteiger partial charge in [0.25, 0.3) is 0 Å². The molecule has 0 aromatic rings. The number of piperidine rings is 1. The van der Waals surface area contributed by atoms with Crippen molar-refractivity contribution in [2.45, 2.75) is 77.3 Å². The molecule has 1 heterocycles. The van der Waals surface area contributed by atoms with E-state index in [-0.39, 0.29) is 0 Å². The van der Waals surface area contributed by atoms with Crippen molar-refractivity contribution >= 4 is 0 Å². The average Bonchev–Trinajstić information content (AvgIpc) is 2.60. The molecule has 18 heavy (non-hydrogen) atoms. The fourth-order valence-corrected chi connectivity index (χ4v) is 4.34. The quantitative estimate of drug-likeness (QED) is 0.763. The summed E-state index contributed by atoms with van der Waals surface area (Å²) < 4.78 is 0. The van der Waals surface area contributed by atoms with Crippen LogP contribution in [-0.2, 0) is 0 Å². The van der Waals surface area contributed by atoms with Gasteiger partial charge in [0, 0.05) is 24.7 Å². The molecule has 0 aromatic heterocycles. The van der Waals surface area contributed by atoms with Crippen molar-refractivity contribution < 1.29 is 0 Å². The minimum Gasteiger partial charge on any atom is -0.329 e. The average molecular weight is 252 g/mol. The fraction of sp³-hybridized carbons (Fsp3) is 1.00. The molecule has 2 fully saturated rings. The van der Waals surface area contributed by atoms with Gasteiger partial charge in [-0.3, -0.25) is 4.90 Å². The molecule has 1 saturated heterocycles. The Morgan fingerprint density at radius 1 is 1.06 bits per heavy atom. The van der Waals surface area contributed by atoms with Crippen LogP contribution in [0.25, 0.3) is 0 Å². The number of nitrogens with zero attached hydrogens (tertiary/aromatic N) is 1. The standard InChI is InChI=1S/C16H32N2/c1-13-10-14(2)15(3)18(11-13)16(12-17)8-6-4-5-7-9-16/h13-15H,4-12,17H2,1-3H3. The molecule has 1 saturated carbocycles. The van der Waals surface area contributed by atoms with E-state index in [1.807, 2.05) is 0 Å². The largest absolute Gasteiger partial charge is 0.329 e. The summed E-state index contributed by atoms with van der Waals surface area (Å²) in [5, 5.41) is 0. The maximum atomic E-state index is 6.25. The van der Waals surface area contributed by atoms with E-state index < -0.39 is 0 Å². The summed E-state index contributed by atoms with van der Waals surface area (Å²) in [4.78, 5) is 2.80. The molecule has 1 aliphatic heterocycles. The van der Waals surface area contributed by atoms with Crippen LogP contribution < -0.4 is 5.73 Å². The highest BCUT2D eigenvalue weighted by molar-refractivity contribution is 4.98. The van der Waals surface area contributed by atoms with Crippen LogP contribution in [0.3, 0.4) is 0 Å². The molecule has 106 valence electrons. The first kappa shape index (κ1) is 14.3. The molecule has 2 N–H and O–H groups in total. The Labute approximate surface area is 113 Å². The van der Waals surface area contributed by atoms with Gasteiger partial charge in [-0.1, -0.05) is 39.5 Å². The Morgan fingerprint density at radius 3 is 2.22 bits per heavy atom. The van der Waals surface area contributed by atoms with Crippen LogP contribution in [0.2, 0.25) is 0 Å². The van der Waals surface area contributed by atoms with Gasteiger partial charge in [-0.05, 0) is 38.0 Å². The minimum absolute atomic E-state index is 0.318. The molecule has 0 amide bonds. The number of rotatable bonds is 2. The van der Waals surface area contributed by atoms with Crippen LogP contribution >= 0.6 is 0 Å². The van der Waals surface area contributed by atoms with Crippen molar-refractivity contribution in [1.82, 2.24) is 4.90 Å². The Hall–Kier alpha value is -0.0800. The molecule has 3 atom stereocenters. The highest BCUT2D eigenvalue weighted by atomic mass is 15.2. The predicted octanol–water partition coefficient (Wildman–Crippen LogP) is 3.40. The molecule has 3 unspecified atom stereocenters. The zero-order chi connectivity index (χ0) is 13.2. The van der Waals surface area contributed by atoms with Crippen LogP contribution in [0.5, 0.6) is 0 Å². The van der Waals surface area contributed by atoms with Gasteiger partial charge in [0.15, 0.2) is 0 Å². The van der Waals surface area contributed by atoms with E-state index in [1.165, 1.54) is 51.5 Å². The van der Waals surface area contributed by atoms with Gasteiger partial charge in [-0.15, -0.1) is 0 Å². The van der Waals surface area contributed by atoms with E-state index in [2.05, 4.69) is 25.7 Å². The molecule has 0 spiro atoms. The molecular formula is C16H32N2. The number of hydrogen-bond donors (Lipinski definition) is 1. The van der Waals surface area contributed by atoms with Gasteiger partial charge in [0.1, 0.15) is 0 Å². The summed E-state index contributed by atoms with van der Waals surface area (Å²) >= 11 is 0. The topological polar surface area (TPSA) is 29.3 Å². The van der Waals surface area contributed by atoms with Crippen molar-refractivity contribution in [1.29, 1.82) is 0 Å². The molecular weight excluding hydrogens is 220 g/mol. The normalized spacial score (nSPS) is 38.3. The lowest BCUT2D eigenvalue weighted by molar-refractivity contribution is -0.0242. The lowest BCUT2D eigenvalue weighted by Crippen LogP contribution is -2.61. The predicted molar refractivity (Wildman–Crippen MR) is 78.6 cm³/mol. The first-order chi connectivity index (χ1) is 8.59. The van der Waals surface area contributed by atoms with E-state index in [9.17, 15) is 0 Å². The second kappa shape index (κ2) is 5.92. The molecule has 0 bridgehead atoms. The Balaban J connectivity index is 2.18. The summed E-state index contributed by atoms with van der Waals surface area (Å²) in [6.07, 6.45) is 9.62. The van der Waals surface area contributed by atoms with Gasteiger partial charge >= 0.3 is 0 Å². The van der Waals surface area contributed by atoms with E-state index in [4.69, 9.17) is 5.73 Å². The number of hydrogen-bond acceptors (Lipinski definition) is 2. The Morgan fingerprint density at radius 2 is 1.67 bits per heavy atom. The summed E-state index contributed by atoms with van der Waals surface area (Å²) in [5.41, 5.74) is 6.57. The monoisotopic (exact) mass is 252 g/mol. The van der Waals surface area contributed by atoms with Gasteiger partial charge in [-0.2, -0.15) is 0 Å². The first-order valence-electron chi connectivity index (χ1n) is 8.06. The highest BCUT2D eigenvalue weighted by Crippen LogP contribution is 2.38. The minimum atomic E-state index is 0.318. The maximum Gasteiger partial charge on any atom is 0.0334 e. The summed E-state index contributed by atoms with van der Waals surface area (Å²) in [5.74, 6) is 1.66. The van der Waals surface area contributed by atoms with Crippen molar-refractivity contribution in [2.75, 3.05) is 13.1 Å². The first-order valence-corrected chi connectivity index (χ1v) is 8.06. The third-order valence-corrected chi connectivity index (χ3v) is 5.62. The summed E-state index contributed by atoms with van der Waals surface area (Å²) in [6.45, 7) is 9.39. The van der Waals surface area contributed by atoms with Crippen LogP contribution in [-0.4, -0.2) is 29.6 Å². The SMILES string of the molecule is CC1CC(C)C(C)N(C2(CN)CCCCCC2)C1.